The molecule has 0 radical (unpaired) electrons. The van der Waals surface area contributed by atoms with Crippen LogP contribution in [-0.4, -0.2) is 27.9 Å². The number of unbranched alkanes of at least 4 members (excludes halogenated alkanes) is 3. The van der Waals surface area contributed by atoms with Crippen molar-refractivity contribution < 1.29 is 4.79 Å². The molecule has 90 valence electrons. The van der Waals surface area contributed by atoms with Crippen LogP contribution >= 0.6 is 11.6 Å². The smallest absolute Gasteiger partial charge is 0.271 e. The Morgan fingerprint density at radius 3 is 2.81 bits per heavy atom. The van der Waals surface area contributed by atoms with E-state index in [4.69, 9.17) is 11.6 Å². The molecule has 0 aliphatic heterocycles. The number of nitrogens with zero attached hydrogens (tertiary/aromatic N) is 2. The Balaban J connectivity index is 2.11. The SMILES string of the molecule is Cn1cnc(C(=O)NCCCCCCCl)c1. The topological polar surface area (TPSA) is 46.9 Å². The molecule has 0 spiro atoms. The molecule has 4 nitrogen and oxygen atoms in total. The van der Waals surface area contributed by atoms with Crippen molar-refractivity contribution in [3.63, 3.8) is 0 Å². The van der Waals surface area contributed by atoms with E-state index in [-0.39, 0.29) is 5.91 Å². The predicted molar refractivity (Wildman–Crippen MR) is 64.7 cm³/mol. The molecule has 0 saturated heterocycles. The van der Waals surface area contributed by atoms with Crippen molar-refractivity contribution >= 4 is 17.5 Å². The fourth-order valence-electron chi connectivity index (χ4n) is 1.40. The van der Waals surface area contributed by atoms with Gasteiger partial charge in [-0.3, -0.25) is 4.79 Å². The summed E-state index contributed by atoms with van der Waals surface area (Å²) >= 11 is 5.57. The van der Waals surface area contributed by atoms with Crippen LogP contribution < -0.4 is 5.32 Å². The van der Waals surface area contributed by atoms with Crippen LogP contribution in [0.15, 0.2) is 12.5 Å². The van der Waals surface area contributed by atoms with E-state index >= 15 is 0 Å². The molecule has 0 saturated carbocycles. The lowest BCUT2D eigenvalue weighted by Crippen LogP contribution is -2.24. The summed E-state index contributed by atoms with van der Waals surface area (Å²) in [5.41, 5.74) is 0.475. The number of nitrogens with one attached hydrogen (secondary N) is 1. The van der Waals surface area contributed by atoms with Gasteiger partial charge in [0.25, 0.3) is 5.91 Å². The zero-order valence-corrected chi connectivity index (χ0v) is 10.3. The number of carbonyl (C=O) groups excluding carboxylic acids is 1. The molecule has 1 amide bonds. The minimum atomic E-state index is -0.0991. The number of rotatable bonds is 7. The van der Waals surface area contributed by atoms with Crippen molar-refractivity contribution in [1.29, 1.82) is 0 Å². The highest BCUT2D eigenvalue weighted by Gasteiger charge is 2.06. The molecular formula is C11H18ClN3O. The first-order valence-corrected chi connectivity index (χ1v) is 6.09. The Hall–Kier alpha value is -1.03. The molecule has 5 heteroatoms. The van der Waals surface area contributed by atoms with Crippen LogP contribution in [0.3, 0.4) is 0 Å². The zero-order valence-electron chi connectivity index (χ0n) is 9.58. The lowest BCUT2D eigenvalue weighted by molar-refractivity contribution is 0.0948. The second-order valence-corrected chi connectivity index (χ2v) is 4.16. The van der Waals surface area contributed by atoms with E-state index < -0.39 is 0 Å². The van der Waals surface area contributed by atoms with Gasteiger partial charge in [0.1, 0.15) is 5.69 Å². The molecule has 1 rings (SSSR count). The second kappa shape index (κ2) is 7.28. The first-order valence-electron chi connectivity index (χ1n) is 5.56. The third kappa shape index (κ3) is 4.66. The van der Waals surface area contributed by atoms with Gasteiger partial charge in [-0.05, 0) is 12.8 Å². The number of amides is 1. The number of aromatic nitrogens is 2. The Bertz CT molecular complexity index is 325. The van der Waals surface area contributed by atoms with Gasteiger partial charge in [0.15, 0.2) is 0 Å². The van der Waals surface area contributed by atoms with Gasteiger partial charge >= 0.3 is 0 Å². The molecule has 0 atom stereocenters. The molecular weight excluding hydrogens is 226 g/mol. The molecule has 0 unspecified atom stereocenters. The minimum absolute atomic E-state index is 0.0991. The van der Waals surface area contributed by atoms with Crippen LogP contribution in [0.25, 0.3) is 0 Å². The van der Waals surface area contributed by atoms with E-state index in [9.17, 15) is 4.79 Å². The molecule has 0 aromatic carbocycles. The quantitative estimate of drug-likeness (QED) is 0.588. The van der Waals surface area contributed by atoms with Gasteiger partial charge in [-0.1, -0.05) is 12.8 Å². The van der Waals surface area contributed by atoms with Gasteiger partial charge in [0.2, 0.25) is 0 Å². The van der Waals surface area contributed by atoms with Crippen molar-refractivity contribution in [2.45, 2.75) is 25.7 Å². The Kier molecular flexibility index (Phi) is 5.93. The predicted octanol–water partition coefficient (Wildman–Crippen LogP) is 1.95. The van der Waals surface area contributed by atoms with Gasteiger partial charge < -0.3 is 9.88 Å². The summed E-state index contributed by atoms with van der Waals surface area (Å²) in [5, 5.41) is 2.84. The van der Waals surface area contributed by atoms with Crippen LogP contribution in [0.1, 0.15) is 36.2 Å². The normalized spacial score (nSPS) is 10.4. The third-order valence-corrected chi connectivity index (χ3v) is 2.55. The van der Waals surface area contributed by atoms with Crippen molar-refractivity contribution in [1.82, 2.24) is 14.9 Å². The minimum Gasteiger partial charge on any atom is -0.351 e. The number of aryl methyl sites for hydroxylation is 1. The largest absolute Gasteiger partial charge is 0.351 e. The second-order valence-electron chi connectivity index (χ2n) is 3.78. The maximum atomic E-state index is 11.5. The third-order valence-electron chi connectivity index (χ3n) is 2.28. The van der Waals surface area contributed by atoms with Gasteiger partial charge in [-0.2, -0.15) is 0 Å². The lowest BCUT2D eigenvalue weighted by Gasteiger charge is -2.02. The highest BCUT2D eigenvalue weighted by molar-refractivity contribution is 6.17. The van der Waals surface area contributed by atoms with E-state index in [1.165, 1.54) is 0 Å². The van der Waals surface area contributed by atoms with Gasteiger partial charge in [0.05, 0.1) is 6.33 Å². The Labute approximate surface area is 101 Å². The monoisotopic (exact) mass is 243 g/mol. The molecule has 1 heterocycles. The number of hydrogen-bond acceptors (Lipinski definition) is 2. The first-order chi connectivity index (χ1) is 7.74. The van der Waals surface area contributed by atoms with Gasteiger partial charge in [0, 0.05) is 25.7 Å². The van der Waals surface area contributed by atoms with Crippen LogP contribution in [0, 0.1) is 0 Å². The zero-order chi connectivity index (χ0) is 11.8. The van der Waals surface area contributed by atoms with Gasteiger partial charge in [-0.15, -0.1) is 11.6 Å². The van der Waals surface area contributed by atoms with Crippen molar-refractivity contribution in [2.75, 3.05) is 12.4 Å². The lowest BCUT2D eigenvalue weighted by atomic mass is 10.2. The highest BCUT2D eigenvalue weighted by atomic mass is 35.5. The van der Waals surface area contributed by atoms with Crippen LogP contribution in [-0.2, 0) is 7.05 Å². The number of carbonyl (C=O) groups is 1. The standard InChI is InChI=1S/C11H18ClN3O/c1-15-8-10(14-9-15)11(16)13-7-5-3-2-4-6-12/h8-9H,2-7H2,1H3,(H,13,16). The van der Waals surface area contributed by atoms with Gasteiger partial charge in [-0.25, -0.2) is 4.98 Å². The number of halogens is 1. The summed E-state index contributed by atoms with van der Waals surface area (Å²) in [6, 6.07) is 0. The number of alkyl halides is 1. The fourth-order valence-corrected chi connectivity index (χ4v) is 1.58. The summed E-state index contributed by atoms with van der Waals surface area (Å²) in [5.74, 6) is 0.623. The van der Waals surface area contributed by atoms with E-state index in [2.05, 4.69) is 10.3 Å². The molecule has 0 fully saturated rings. The summed E-state index contributed by atoms with van der Waals surface area (Å²) in [6.45, 7) is 0.706. The molecule has 0 bridgehead atoms. The molecule has 16 heavy (non-hydrogen) atoms. The number of imidazole rings is 1. The average molecular weight is 244 g/mol. The van der Waals surface area contributed by atoms with E-state index in [1.807, 2.05) is 7.05 Å². The molecule has 1 aromatic heterocycles. The Morgan fingerprint density at radius 2 is 2.19 bits per heavy atom. The fraction of sp³-hybridized carbons (Fsp3) is 0.636. The summed E-state index contributed by atoms with van der Waals surface area (Å²) in [7, 11) is 1.84. The van der Waals surface area contributed by atoms with Crippen LogP contribution in [0.5, 0.6) is 0 Å². The van der Waals surface area contributed by atoms with E-state index in [0.717, 1.165) is 31.6 Å². The maximum Gasteiger partial charge on any atom is 0.271 e. The molecule has 1 N–H and O–H groups in total. The first kappa shape index (κ1) is 13.0. The van der Waals surface area contributed by atoms with Crippen molar-refractivity contribution in [2.24, 2.45) is 7.05 Å². The van der Waals surface area contributed by atoms with E-state index in [0.29, 0.717) is 12.2 Å². The summed E-state index contributed by atoms with van der Waals surface area (Å²) < 4.78 is 1.76. The van der Waals surface area contributed by atoms with E-state index in [1.54, 1.807) is 17.1 Å². The number of hydrogen-bond donors (Lipinski definition) is 1. The van der Waals surface area contributed by atoms with Crippen LogP contribution in [0.4, 0.5) is 0 Å². The van der Waals surface area contributed by atoms with Crippen LogP contribution in [0.2, 0.25) is 0 Å². The summed E-state index contributed by atoms with van der Waals surface area (Å²) in [4.78, 5) is 15.5. The Morgan fingerprint density at radius 1 is 1.44 bits per heavy atom. The maximum absolute atomic E-state index is 11.5. The molecule has 1 aromatic rings. The average Bonchev–Trinajstić information content (AvgIpc) is 2.70. The summed E-state index contributed by atoms with van der Waals surface area (Å²) in [6.07, 6.45) is 7.61. The van der Waals surface area contributed by atoms with Crippen molar-refractivity contribution in [3.8, 4) is 0 Å². The highest BCUT2D eigenvalue weighted by Crippen LogP contribution is 2.00. The molecule has 0 aliphatic carbocycles. The van der Waals surface area contributed by atoms with Crippen molar-refractivity contribution in [3.05, 3.63) is 18.2 Å². The molecule has 0 aliphatic rings.